The Morgan fingerprint density at radius 2 is 1.72 bits per heavy atom. The van der Waals surface area contributed by atoms with Crippen molar-refractivity contribution < 1.29 is 4.79 Å². The summed E-state index contributed by atoms with van der Waals surface area (Å²) in [6, 6.07) is 9.93. The first-order valence-electron chi connectivity index (χ1n) is 9.16. The standard InChI is InChI=1S/C21H29N3O/c1-5-11-24(12-6-2)20-13-18(14-22-15-20)21(25)23-19-9-7-17(8-10-19)16(3)4/h7-10,13-16H,5-6,11-12H2,1-4H3,(H,23,25). The summed E-state index contributed by atoms with van der Waals surface area (Å²) in [6.07, 6.45) is 5.59. The highest BCUT2D eigenvalue weighted by molar-refractivity contribution is 6.04. The summed E-state index contributed by atoms with van der Waals surface area (Å²) in [4.78, 5) is 19.1. The van der Waals surface area contributed by atoms with E-state index in [1.165, 1.54) is 5.56 Å². The number of hydrogen-bond acceptors (Lipinski definition) is 3. The Hall–Kier alpha value is -2.36. The maximum absolute atomic E-state index is 12.6. The average Bonchev–Trinajstić information content (AvgIpc) is 2.62. The van der Waals surface area contributed by atoms with Crippen LogP contribution < -0.4 is 10.2 Å². The molecule has 2 rings (SSSR count). The van der Waals surface area contributed by atoms with E-state index in [0.29, 0.717) is 11.5 Å². The van der Waals surface area contributed by atoms with Gasteiger partial charge < -0.3 is 10.2 Å². The molecule has 134 valence electrons. The Labute approximate surface area is 151 Å². The van der Waals surface area contributed by atoms with Gasteiger partial charge >= 0.3 is 0 Å². The Morgan fingerprint density at radius 3 is 2.28 bits per heavy atom. The molecule has 0 atom stereocenters. The molecule has 0 bridgehead atoms. The Kier molecular flexibility index (Phi) is 6.99. The number of amides is 1. The highest BCUT2D eigenvalue weighted by Crippen LogP contribution is 2.19. The molecule has 0 aliphatic heterocycles. The molecule has 0 saturated carbocycles. The Balaban J connectivity index is 2.12. The molecule has 1 N–H and O–H groups in total. The first-order valence-corrected chi connectivity index (χ1v) is 9.16. The quantitative estimate of drug-likeness (QED) is 0.729. The maximum atomic E-state index is 12.6. The van der Waals surface area contributed by atoms with Gasteiger partial charge in [0.05, 0.1) is 17.4 Å². The second-order valence-electron chi connectivity index (χ2n) is 6.65. The lowest BCUT2D eigenvalue weighted by atomic mass is 10.0. The molecule has 2 aromatic rings. The monoisotopic (exact) mass is 339 g/mol. The van der Waals surface area contributed by atoms with Crippen LogP contribution in [0.5, 0.6) is 0 Å². The summed E-state index contributed by atoms with van der Waals surface area (Å²) in [7, 11) is 0. The van der Waals surface area contributed by atoms with Crippen LogP contribution in [0.1, 0.15) is 62.4 Å². The van der Waals surface area contributed by atoms with Crippen molar-refractivity contribution in [2.45, 2.75) is 46.5 Å². The predicted octanol–water partition coefficient (Wildman–Crippen LogP) is 5.08. The van der Waals surface area contributed by atoms with Crippen LogP contribution in [0, 0.1) is 0 Å². The molecule has 1 heterocycles. The molecule has 4 heteroatoms. The molecule has 25 heavy (non-hydrogen) atoms. The van der Waals surface area contributed by atoms with Crippen molar-refractivity contribution in [2.75, 3.05) is 23.3 Å². The van der Waals surface area contributed by atoms with Crippen molar-refractivity contribution in [3.05, 3.63) is 53.9 Å². The number of aromatic nitrogens is 1. The molecule has 0 fully saturated rings. The highest BCUT2D eigenvalue weighted by atomic mass is 16.1. The van der Waals surface area contributed by atoms with E-state index in [2.05, 4.69) is 55.0 Å². The second kappa shape index (κ2) is 9.21. The molecule has 0 radical (unpaired) electrons. The topological polar surface area (TPSA) is 45.2 Å². The van der Waals surface area contributed by atoms with Gasteiger partial charge in [0.15, 0.2) is 0 Å². The molecule has 0 spiro atoms. The van der Waals surface area contributed by atoms with Crippen molar-refractivity contribution in [1.29, 1.82) is 0 Å². The third-order valence-electron chi connectivity index (χ3n) is 4.17. The number of hydrogen-bond donors (Lipinski definition) is 1. The maximum Gasteiger partial charge on any atom is 0.257 e. The number of rotatable bonds is 8. The largest absolute Gasteiger partial charge is 0.370 e. The fourth-order valence-corrected chi connectivity index (χ4v) is 2.79. The van der Waals surface area contributed by atoms with E-state index in [4.69, 9.17) is 0 Å². The normalized spacial score (nSPS) is 10.8. The smallest absolute Gasteiger partial charge is 0.257 e. The van der Waals surface area contributed by atoms with Gasteiger partial charge in [0.1, 0.15) is 0 Å². The molecule has 0 aliphatic carbocycles. The summed E-state index contributed by atoms with van der Waals surface area (Å²) in [5.41, 5.74) is 3.66. The summed E-state index contributed by atoms with van der Waals surface area (Å²) in [6.45, 7) is 10.6. The molecule has 1 amide bonds. The second-order valence-corrected chi connectivity index (χ2v) is 6.65. The van der Waals surface area contributed by atoms with Crippen LogP contribution >= 0.6 is 0 Å². The SMILES string of the molecule is CCCN(CCC)c1cncc(C(=O)Nc2ccc(C(C)C)cc2)c1. The molecule has 4 nitrogen and oxygen atoms in total. The lowest BCUT2D eigenvalue weighted by Crippen LogP contribution is -2.25. The van der Waals surface area contributed by atoms with Crippen molar-refractivity contribution in [3.63, 3.8) is 0 Å². The predicted molar refractivity (Wildman–Crippen MR) is 106 cm³/mol. The third-order valence-corrected chi connectivity index (χ3v) is 4.17. The minimum Gasteiger partial charge on any atom is -0.370 e. The molecule has 0 aliphatic rings. The zero-order valence-corrected chi connectivity index (χ0v) is 15.7. The van der Waals surface area contributed by atoms with Crippen molar-refractivity contribution in [1.82, 2.24) is 4.98 Å². The van der Waals surface area contributed by atoms with Crippen molar-refractivity contribution >= 4 is 17.3 Å². The van der Waals surface area contributed by atoms with E-state index in [9.17, 15) is 4.79 Å². The number of benzene rings is 1. The lowest BCUT2D eigenvalue weighted by Gasteiger charge is -2.23. The van der Waals surface area contributed by atoms with E-state index in [1.54, 1.807) is 6.20 Å². The zero-order valence-electron chi connectivity index (χ0n) is 15.7. The van der Waals surface area contributed by atoms with Crippen LogP contribution in [-0.4, -0.2) is 24.0 Å². The fourth-order valence-electron chi connectivity index (χ4n) is 2.79. The fraction of sp³-hybridized carbons (Fsp3) is 0.429. The highest BCUT2D eigenvalue weighted by Gasteiger charge is 2.11. The van der Waals surface area contributed by atoms with Crippen LogP contribution in [0.3, 0.4) is 0 Å². The Bertz CT molecular complexity index is 674. The number of pyridine rings is 1. The van der Waals surface area contributed by atoms with Crippen molar-refractivity contribution in [2.24, 2.45) is 0 Å². The van der Waals surface area contributed by atoms with E-state index >= 15 is 0 Å². The molecule has 1 aromatic carbocycles. The van der Waals surface area contributed by atoms with E-state index < -0.39 is 0 Å². The van der Waals surface area contributed by atoms with Gasteiger partial charge in [-0.3, -0.25) is 9.78 Å². The van der Waals surface area contributed by atoms with Crippen LogP contribution in [0.15, 0.2) is 42.7 Å². The summed E-state index contributed by atoms with van der Waals surface area (Å²) in [5, 5.41) is 2.96. The lowest BCUT2D eigenvalue weighted by molar-refractivity contribution is 0.102. The minimum absolute atomic E-state index is 0.125. The van der Waals surface area contributed by atoms with Crippen molar-refractivity contribution in [3.8, 4) is 0 Å². The first-order chi connectivity index (χ1) is 12.0. The van der Waals surface area contributed by atoms with Gasteiger partial charge in [-0.1, -0.05) is 39.8 Å². The molecule has 0 saturated heterocycles. The summed E-state index contributed by atoms with van der Waals surface area (Å²) < 4.78 is 0. The first kappa shape index (κ1) is 19.0. The Morgan fingerprint density at radius 1 is 1.08 bits per heavy atom. The van der Waals surface area contributed by atoms with Gasteiger partial charge in [0.2, 0.25) is 0 Å². The number of carbonyl (C=O) groups is 1. The van der Waals surface area contributed by atoms with Gasteiger partial charge in [0.25, 0.3) is 5.91 Å². The van der Waals surface area contributed by atoms with Gasteiger partial charge in [-0.25, -0.2) is 0 Å². The molecular weight excluding hydrogens is 310 g/mol. The van der Waals surface area contributed by atoms with E-state index in [1.807, 2.05) is 24.4 Å². The average molecular weight is 339 g/mol. The van der Waals surface area contributed by atoms with Gasteiger partial charge in [-0.05, 0) is 42.5 Å². The van der Waals surface area contributed by atoms with E-state index in [0.717, 1.165) is 37.3 Å². The van der Waals surface area contributed by atoms with Crippen LogP contribution in [0.4, 0.5) is 11.4 Å². The van der Waals surface area contributed by atoms with Gasteiger partial charge in [-0.2, -0.15) is 0 Å². The van der Waals surface area contributed by atoms with Crippen LogP contribution in [0.25, 0.3) is 0 Å². The molecule has 1 aromatic heterocycles. The zero-order chi connectivity index (χ0) is 18.2. The molecular formula is C21H29N3O. The van der Waals surface area contributed by atoms with Gasteiger partial charge in [0, 0.05) is 25.0 Å². The van der Waals surface area contributed by atoms with Gasteiger partial charge in [-0.15, -0.1) is 0 Å². The minimum atomic E-state index is -0.125. The summed E-state index contributed by atoms with van der Waals surface area (Å²) >= 11 is 0. The number of anilines is 2. The van der Waals surface area contributed by atoms with E-state index in [-0.39, 0.29) is 5.91 Å². The third kappa shape index (κ3) is 5.31. The molecule has 0 unspecified atom stereocenters. The van der Waals surface area contributed by atoms with Crippen LogP contribution in [0.2, 0.25) is 0 Å². The number of nitrogens with one attached hydrogen (secondary N) is 1. The van der Waals surface area contributed by atoms with Crippen LogP contribution in [-0.2, 0) is 0 Å². The number of nitrogens with zero attached hydrogens (tertiary/aromatic N) is 2. The summed E-state index contributed by atoms with van der Waals surface area (Å²) in [5.74, 6) is 0.355. The number of carbonyl (C=O) groups excluding carboxylic acids is 1.